The van der Waals surface area contributed by atoms with E-state index in [4.69, 9.17) is 0 Å². The third-order valence-electron chi connectivity index (χ3n) is 1.64. The molecule has 0 bridgehead atoms. The van der Waals surface area contributed by atoms with Gasteiger partial charge in [0.1, 0.15) is 0 Å². The molecule has 0 aliphatic carbocycles. The summed E-state index contributed by atoms with van der Waals surface area (Å²) in [6.07, 6.45) is -3.99. The zero-order valence-electron chi connectivity index (χ0n) is 7.54. The summed E-state index contributed by atoms with van der Waals surface area (Å²) in [6, 6.07) is 1.03. The molecule has 0 aromatic carbocycles. The van der Waals surface area contributed by atoms with E-state index in [1.807, 2.05) is 0 Å². The SMILES string of the molecule is COC(=O)c1cc(C(F)(F)F)cc[n+]1[O-]. The number of carbonyl (C=O) groups excluding carboxylic acids is 1. The minimum atomic E-state index is -4.60. The highest BCUT2D eigenvalue weighted by molar-refractivity contribution is 5.85. The van der Waals surface area contributed by atoms with Crippen LogP contribution < -0.4 is 4.73 Å². The first-order valence-corrected chi connectivity index (χ1v) is 3.75. The molecule has 1 heterocycles. The van der Waals surface area contributed by atoms with Crippen molar-refractivity contribution in [2.75, 3.05) is 7.11 Å². The molecule has 1 rings (SSSR count). The topological polar surface area (TPSA) is 53.2 Å². The van der Waals surface area contributed by atoms with Gasteiger partial charge in [-0.1, -0.05) is 0 Å². The van der Waals surface area contributed by atoms with Gasteiger partial charge in [0.2, 0.25) is 0 Å². The summed E-state index contributed by atoms with van der Waals surface area (Å²) in [7, 11) is 0.975. The van der Waals surface area contributed by atoms with Crippen molar-refractivity contribution >= 4 is 5.97 Å². The largest absolute Gasteiger partial charge is 0.618 e. The number of ether oxygens (including phenoxy) is 1. The zero-order chi connectivity index (χ0) is 11.6. The lowest BCUT2D eigenvalue weighted by Crippen LogP contribution is -2.35. The van der Waals surface area contributed by atoms with Crippen LogP contribution in [0.4, 0.5) is 13.2 Å². The average Bonchev–Trinajstić information content (AvgIpc) is 2.15. The highest BCUT2D eigenvalue weighted by Gasteiger charge is 2.33. The molecule has 82 valence electrons. The summed E-state index contributed by atoms with van der Waals surface area (Å²) in [4.78, 5) is 10.9. The number of methoxy groups -OCH3 is 1. The molecule has 0 fully saturated rings. The van der Waals surface area contributed by atoms with Crippen LogP contribution in [0, 0.1) is 5.21 Å². The second-order valence-electron chi connectivity index (χ2n) is 2.62. The van der Waals surface area contributed by atoms with Gasteiger partial charge in [-0.2, -0.15) is 17.9 Å². The van der Waals surface area contributed by atoms with Crippen molar-refractivity contribution in [2.45, 2.75) is 6.18 Å². The van der Waals surface area contributed by atoms with Crippen LogP contribution in [0.15, 0.2) is 18.3 Å². The van der Waals surface area contributed by atoms with Crippen molar-refractivity contribution < 1.29 is 27.4 Å². The van der Waals surface area contributed by atoms with Gasteiger partial charge in [-0.15, -0.1) is 0 Å². The van der Waals surface area contributed by atoms with E-state index in [9.17, 15) is 23.2 Å². The average molecular weight is 221 g/mol. The van der Waals surface area contributed by atoms with Gasteiger partial charge in [-0.25, -0.2) is 4.79 Å². The molecule has 0 aliphatic rings. The number of aromatic nitrogens is 1. The van der Waals surface area contributed by atoms with E-state index in [2.05, 4.69) is 4.74 Å². The Hall–Kier alpha value is -1.79. The number of alkyl halides is 3. The Labute approximate surface area is 82.5 Å². The second-order valence-corrected chi connectivity index (χ2v) is 2.62. The molecule has 0 unspecified atom stereocenters. The summed E-state index contributed by atoms with van der Waals surface area (Å²) >= 11 is 0. The molecule has 1 aromatic heterocycles. The first-order valence-electron chi connectivity index (χ1n) is 3.75. The Kier molecular flexibility index (Phi) is 2.83. The number of carbonyl (C=O) groups is 1. The van der Waals surface area contributed by atoms with Crippen molar-refractivity contribution in [1.29, 1.82) is 0 Å². The van der Waals surface area contributed by atoms with Crippen molar-refractivity contribution in [3.63, 3.8) is 0 Å². The van der Waals surface area contributed by atoms with Crippen molar-refractivity contribution in [3.8, 4) is 0 Å². The fraction of sp³-hybridized carbons (Fsp3) is 0.250. The highest BCUT2D eigenvalue weighted by atomic mass is 19.4. The maximum absolute atomic E-state index is 12.2. The predicted molar refractivity (Wildman–Crippen MR) is 41.7 cm³/mol. The number of esters is 1. The third-order valence-corrected chi connectivity index (χ3v) is 1.64. The van der Waals surface area contributed by atoms with Crippen molar-refractivity contribution in [1.82, 2.24) is 0 Å². The van der Waals surface area contributed by atoms with E-state index < -0.39 is 23.4 Å². The first-order chi connectivity index (χ1) is 6.86. The normalized spacial score (nSPS) is 11.2. The van der Waals surface area contributed by atoms with E-state index in [0.717, 1.165) is 7.11 Å². The van der Waals surface area contributed by atoms with Gasteiger partial charge >= 0.3 is 17.8 Å². The molecule has 15 heavy (non-hydrogen) atoms. The number of hydrogen-bond donors (Lipinski definition) is 0. The van der Waals surface area contributed by atoms with Crippen LogP contribution in [0.3, 0.4) is 0 Å². The molecule has 1 aromatic rings. The van der Waals surface area contributed by atoms with Gasteiger partial charge in [0.05, 0.1) is 12.7 Å². The minimum Gasteiger partial charge on any atom is -0.618 e. The molecule has 0 saturated carbocycles. The monoisotopic (exact) mass is 221 g/mol. The fourth-order valence-corrected chi connectivity index (χ4v) is 0.917. The summed E-state index contributed by atoms with van der Waals surface area (Å²) in [6.45, 7) is 0. The molecule has 0 N–H and O–H groups in total. The summed E-state index contributed by atoms with van der Waals surface area (Å²) < 4.78 is 40.8. The van der Waals surface area contributed by atoms with Gasteiger partial charge in [0, 0.05) is 12.1 Å². The Morgan fingerprint density at radius 3 is 2.60 bits per heavy atom. The Balaban J connectivity index is 3.23. The minimum absolute atomic E-state index is 0.0150. The van der Waals surface area contributed by atoms with Crippen LogP contribution in [0.1, 0.15) is 16.1 Å². The fourth-order valence-electron chi connectivity index (χ4n) is 0.917. The van der Waals surface area contributed by atoms with Crippen LogP contribution in [0.2, 0.25) is 0 Å². The van der Waals surface area contributed by atoms with Crippen LogP contribution >= 0.6 is 0 Å². The second kappa shape index (κ2) is 3.76. The molecular weight excluding hydrogens is 215 g/mol. The maximum atomic E-state index is 12.2. The smallest absolute Gasteiger partial charge is 0.416 e. The quantitative estimate of drug-likeness (QED) is 0.405. The number of hydrogen-bond acceptors (Lipinski definition) is 3. The van der Waals surface area contributed by atoms with Gasteiger partial charge < -0.3 is 9.94 Å². The Bertz CT molecular complexity index is 389. The summed E-state index contributed by atoms with van der Waals surface area (Å²) in [5.74, 6) is -1.11. The van der Waals surface area contributed by atoms with Crippen LogP contribution in [-0.4, -0.2) is 13.1 Å². The van der Waals surface area contributed by atoms with Crippen LogP contribution in [-0.2, 0) is 10.9 Å². The molecule has 4 nitrogen and oxygen atoms in total. The van der Waals surface area contributed by atoms with Gasteiger partial charge in [-0.05, 0) is 0 Å². The molecule has 0 aliphatic heterocycles. The highest BCUT2D eigenvalue weighted by Crippen LogP contribution is 2.28. The Morgan fingerprint density at radius 1 is 1.53 bits per heavy atom. The van der Waals surface area contributed by atoms with E-state index >= 15 is 0 Å². The standard InChI is InChI=1S/C8H6F3NO3/c1-15-7(13)6-4-5(8(9,10)11)2-3-12(6)14/h2-4H,1H3. The van der Waals surface area contributed by atoms with Crippen molar-refractivity contribution in [3.05, 3.63) is 34.8 Å². The molecule has 0 amide bonds. The van der Waals surface area contributed by atoms with E-state index in [1.54, 1.807) is 0 Å². The van der Waals surface area contributed by atoms with Gasteiger partial charge in [-0.3, -0.25) is 0 Å². The lowest BCUT2D eigenvalue weighted by Gasteiger charge is -2.07. The predicted octanol–water partition coefficient (Wildman–Crippen LogP) is 1.13. The van der Waals surface area contributed by atoms with Gasteiger partial charge in [0.25, 0.3) is 0 Å². The molecule has 0 atom stereocenters. The van der Waals surface area contributed by atoms with Gasteiger partial charge in [0.15, 0.2) is 6.20 Å². The van der Waals surface area contributed by atoms with E-state index in [0.29, 0.717) is 18.3 Å². The van der Waals surface area contributed by atoms with Crippen LogP contribution in [0.5, 0.6) is 0 Å². The zero-order valence-corrected chi connectivity index (χ0v) is 7.54. The van der Waals surface area contributed by atoms with E-state index in [1.165, 1.54) is 0 Å². The number of nitrogens with zero attached hydrogens (tertiary/aromatic N) is 1. The molecule has 0 saturated heterocycles. The molecular formula is C8H6F3NO3. The molecule has 7 heteroatoms. The lowest BCUT2D eigenvalue weighted by molar-refractivity contribution is -0.608. The summed E-state index contributed by atoms with van der Waals surface area (Å²) in [5.41, 5.74) is -1.78. The lowest BCUT2D eigenvalue weighted by atomic mass is 10.2. The number of rotatable bonds is 1. The maximum Gasteiger partial charge on any atom is 0.416 e. The van der Waals surface area contributed by atoms with E-state index in [-0.39, 0.29) is 4.73 Å². The Morgan fingerprint density at radius 2 is 2.13 bits per heavy atom. The first kappa shape index (κ1) is 11.3. The number of halogens is 3. The summed E-state index contributed by atoms with van der Waals surface area (Å²) in [5, 5.41) is 10.9. The number of pyridine rings is 1. The van der Waals surface area contributed by atoms with Crippen molar-refractivity contribution in [2.24, 2.45) is 0 Å². The van der Waals surface area contributed by atoms with Crippen LogP contribution in [0.25, 0.3) is 0 Å². The third kappa shape index (κ3) is 2.36. The molecule has 0 spiro atoms. The molecule has 0 radical (unpaired) electrons.